The largest absolute Gasteiger partial charge is 0.475 e. The van der Waals surface area contributed by atoms with Crippen molar-refractivity contribution in [1.82, 2.24) is 4.90 Å². The third-order valence-electron chi connectivity index (χ3n) is 5.51. The molecule has 0 radical (unpaired) electrons. The van der Waals surface area contributed by atoms with Crippen molar-refractivity contribution in [3.8, 4) is 12.3 Å². The molecule has 3 aliphatic rings. The Morgan fingerprint density at radius 2 is 2.15 bits per heavy atom. The highest BCUT2D eigenvalue weighted by atomic mass is 31.2. The third kappa shape index (κ3) is 5.38. The zero-order valence-electron chi connectivity index (χ0n) is 18.9. The zero-order valence-corrected chi connectivity index (χ0v) is 19.8. The molecular weight excluding hydrogens is 457 g/mol. The quantitative estimate of drug-likeness (QED) is 0.216. The van der Waals surface area contributed by atoms with Gasteiger partial charge in [0.2, 0.25) is 5.91 Å². The lowest BCUT2D eigenvalue weighted by Crippen LogP contribution is -2.49. The standard InChI is InChI=1S/C21H28NO10P/c1-6-21(4)18-16(31-20(21)22-9-7-14(23)11-17(22)24)12-29-33(26,32-18)28-10-8-15(27-5)19(25)30-13(2)3/h1,7,9,13,15-16,18,20H,8,10-12H2,2-5H3/t15-,16+,18+,20+,21+,33+/m0/s1. The average Bonchev–Trinajstić information content (AvgIpc) is 3.03. The molecule has 0 aliphatic carbocycles. The van der Waals surface area contributed by atoms with Gasteiger partial charge in [-0.05, 0) is 26.8 Å². The van der Waals surface area contributed by atoms with Gasteiger partial charge in [0.1, 0.15) is 17.6 Å². The summed E-state index contributed by atoms with van der Waals surface area (Å²) in [4.78, 5) is 37.2. The van der Waals surface area contributed by atoms with E-state index in [4.69, 9.17) is 34.2 Å². The SMILES string of the molecule is C#C[C@]1(C)[C@@H]2O[P@](=O)(OCC[C@H](OC)C(=O)OC(C)C)OC[C@H]2O[C@H]1N1C=CC(=O)CC1=O. The smallest absolute Gasteiger partial charge is 0.461 e. The first-order valence-electron chi connectivity index (χ1n) is 10.5. The number of hydrogen-bond donors (Lipinski definition) is 0. The van der Waals surface area contributed by atoms with Gasteiger partial charge in [-0.1, -0.05) is 5.92 Å². The second kappa shape index (κ2) is 10.1. The molecule has 0 unspecified atom stereocenters. The fourth-order valence-corrected chi connectivity index (χ4v) is 5.27. The Balaban J connectivity index is 1.67. The number of esters is 1. The summed E-state index contributed by atoms with van der Waals surface area (Å²) in [5, 5.41) is 0. The summed E-state index contributed by atoms with van der Waals surface area (Å²) >= 11 is 0. The van der Waals surface area contributed by atoms with Gasteiger partial charge in [0.15, 0.2) is 18.1 Å². The fourth-order valence-electron chi connectivity index (χ4n) is 3.79. The molecule has 6 atom stereocenters. The van der Waals surface area contributed by atoms with Gasteiger partial charge in [-0.2, -0.15) is 0 Å². The van der Waals surface area contributed by atoms with Crippen molar-refractivity contribution < 1.29 is 46.7 Å². The summed E-state index contributed by atoms with van der Waals surface area (Å²) in [6.07, 6.45) is 4.34. The summed E-state index contributed by atoms with van der Waals surface area (Å²) in [6, 6.07) is 0. The number of fused-ring (bicyclic) bond motifs is 1. The monoisotopic (exact) mass is 485 g/mol. The maximum absolute atomic E-state index is 13.1. The van der Waals surface area contributed by atoms with Crippen molar-refractivity contribution in [3.05, 3.63) is 12.3 Å². The summed E-state index contributed by atoms with van der Waals surface area (Å²) in [6.45, 7) is 4.74. The number of terminal acetylenes is 1. The Bertz CT molecular complexity index is 911. The highest BCUT2D eigenvalue weighted by Gasteiger charge is 2.61. The molecule has 3 aliphatic heterocycles. The lowest BCUT2D eigenvalue weighted by molar-refractivity contribution is -0.160. The Labute approximate surface area is 192 Å². The van der Waals surface area contributed by atoms with Gasteiger partial charge in [-0.25, -0.2) is 9.36 Å². The van der Waals surface area contributed by atoms with E-state index in [0.29, 0.717) is 0 Å². The van der Waals surface area contributed by atoms with Gasteiger partial charge in [0, 0.05) is 19.7 Å². The third-order valence-corrected chi connectivity index (χ3v) is 6.96. The highest BCUT2D eigenvalue weighted by Crippen LogP contribution is 2.59. The normalized spacial score (nSPS) is 34.8. The van der Waals surface area contributed by atoms with E-state index < -0.39 is 49.7 Å². The van der Waals surface area contributed by atoms with Crippen LogP contribution in [0, 0.1) is 17.8 Å². The number of phosphoric ester groups is 1. The van der Waals surface area contributed by atoms with Crippen molar-refractivity contribution >= 4 is 25.5 Å². The van der Waals surface area contributed by atoms with Gasteiger partial charge >= 0.3 is 13.8 Å². The van der Waals surface area contributed by atoms with Crippen LogP contribution in [0.4, 0.5) is 0 Å². The second-order valence-corrected chi connectivity index (χ2v) is 9.94. The van der Waals surface area contributed by atoms with Gasteiger partial charge in [0.05, 0.1) is 25.7 Å². The van der Waals surface area contributed by atoms with Crippen LogP contribution in [-0.4, -0.2) is 73.5 Å². The minimum absolute atomic E-state index is 0.0551. The molecule has 2 saturated heterocycles. The number of ether oxygens (including phenoxy) is 3. The number of methoxy groups -OCH3 is 1. The Kier molecular flexibility index (Phi) is 7.79. The van der Waals surface area contributed by atoms with Crippen molar-refractivity contribution in [1.29, 1.82) is 0 Å². The Hall–Kier alpha value is -2.06. The van der Waals surface area contributed by atoms with Gasteiger partial charge in [0.25, 0.3) is 0 Å². The molecule has 0 aromatic rings. The zero-order chi connectivity index (χ0) is 24.4. The van der Waals surface area contributed by atoms with E-state index in [-0.39, 0.29) is 37.9 Å². The van der Waals surface area contributed by atoms with Crippen LogP contribution >= 0.6 is 7.82 Å². The lowest BCUT2D eigenvalue weighted by atomic mass is 9.82. The van der Waals surface area contributed by atoms with Crippen LogP contribution in [0.25, 0.3) is 0 Å². The molecule has 12 heteroatoms. The molecule has 182 valence electrons. The van der Waals surface area contributed by atoms with Crippen molar-refractivity contribution in [2.75, 3.05) is 20.3 Å². The van der Waals surface area contributed by atoms with E-state index >= 15 is 0 Å². The summed E-state index contributed by atoms with van der Waals surface area (Å²) in [5.74, 6) is 1.24. The predicted molar refractivity (Wildman–Crippen MR) is 112 cm³/mol. The van der Waals surface area contributed by atoms with Crippen LogP contribution in [0.3, 0.4) is 0 Å². The van der Waals surface area contributed by atoms with Crippen LogP contribution in [0.2, 0.25) is 0 Å². The summed E-state index contributed by atoms with van der Waals surface area (Å²) in [7, 11) is -2.70. The first kappa shape index (κ1) is 25.6. The average molecular weight is 485 g/mol. The first-order valence-corrected chi connectivity index (χ1v) is 11.9. The first-order chi connectivity index (χ1) is 15.5. The molecule has 11 nitrogen and oxygen atoms in total. The molecule has 0 aromatic heterocycles. The highest BCUT2D eigenvalue weighted by molar-refractivity contribution is 7.48. The number of carbonyl (C=O) groups excluding carboxylic acids is 3. The Morgan fingerprint density at radius 3 is 2.76 bits per heavy atom. The van der Waals surface area contributed by atoms with E-state index in [1.54, 1.807) is 20.8 Å². The summed E-state index contributed by atoms with van der Waals surface area (Å²) in [5.41, 5.74) is -1.20. The number of carbonyl (C=O) groups is 3. The lowest BCUT2D eigenvalue weighted by Gasteiger charge is -2.37. The topological polar surface area (TPSA) is 127 Å². The molecule has 0 bridgehead atoms. The van der Waals surface area contributed by atoms with Gasteiger partial charge < -0.3 is 14.2 Å². The molecule has 0 saturated carbocycles. The molecule has 3 rings (SSSR count). The van der Waals surface area contributed by atoms with E-state index in [1.807, 2.05) is 0 Å². The number of amides is 1. The van der Waals surface area contributed by atoms with Gasteiger partial charge in [-0.3, -0.25) is 28.1 Å². The Morgan fingerprint density at radius 1 is 1.42 bits per heavy atom. The number of rotatable bonds is 8. The van der Waals surface area contributed by atoms with Crippen molar-refractivity contribution in [2.24, 2.45) is 5.41 Å². The maximum Gasteiger partial charge on any atom is 0.475 e. The van der Waals surface area contributed by atoms with E-state index in [0.717, 1.165) is 0 Å². The second-order valence-electron chi connectivity index (χ2n) is 8.31. The van der Waals surface area contributed by atoms with Crippen LogP contribution in [-0.2, 0) is 46.7 Å². The molecule has 2 fully saturated rings. The molecule has 33 heavy (non-hydrogen) atoms. The molecule has 0 N–H and O–H groups in total. The minimum atomic E-state index is -4.05. The van der Waals surface area contributed by atoms with Crippen LogP contribution in [0.15, 0.2) is 12.3 Å². The van der Waals surface area contributed by atoms with Crippen LogP contribution in [0.5, 0.6) is 0 Å². The van der Waals surface area contributed by atoms with Crippen LogP contribution in [0.1, 0.15) is 33.6 Å². The van der Waals surface area contributed by atoms with E-state index in [1.165, 1.54) is 24.3 Å². The number of nitrogens with zero attached hydrogens (tertiary/aromatic N) is 1. The number of phosphoric acid groups is 1. The molecule has 3 heterocycles. The van der Waals surface area contributed by atoms with E-state index in [9.17, 15) is 18.9 Å². The molecular formula is C21H28NO10P. The molecule has 0 spiro atoms. The van der Waals surface area contributed by atoms with Crippen LogP contribution < -0.4 is 0 Å². The maximum atomic E-state index is 13.1. The fraction of sp³-hybridized carbons (Fsp3) is 0.667. The predicted octanol–water partition coefficient (Wildman–Crippen LogP) is 1.56. The molecule has 1 amide bonds. The molecule has 0 aromatic carbocycles. The van der Waals surface area contributed by atoms with Crippen molar-refractivity contribution in [2.45, 2.75) is 64.3 Å². The van der Waals surface area contributed by atoms with E-state index in [2.05, 4.69) is 5.92 Å². The van der Waals surface area contributed by atoms with Crippen molar-refractivity contribution in [3.63, 3.8) is 0 Å². The number of hydrogen-bond acceptors (Lipinski definition) is 10. The summed E-state index contributed by atoms with van der Waals surface area (Å²) < 4.78 is 45.6. The number of ketones is 1. The minimum Gasteiger partial charge on any atom is -0.461 e. The number of allylic oxidation sites excluding steroid dienone is 1. The van der Waals surface area contributed by atoms with Gasteiger partial charge in [-0.15, -0.1) is 6.42 Å².